The lowest BCUT2D eigenvalue weighted by molar-refractivity contribution is 0.344. The third-order valence-electron chi connectivity index (χ3n) is 7.37. The zero-order valence-corrected chi connectivity index (χ0v) is 25.2. The van der Waals surface area contributed by atoms with Gasteiger partial charge in [0.1, 0.15) is 16.2 Å². The molecule has 1 aliphatic carbocycles. The molecule has 4 aromatic rings. The maximum Gasteiger partial charge on any atom is 0.146 e. The predicted octanol–water partition coefficient (Wildman–Crippen LogP) is 9.59. The van der Waals surface area contributed by atoms with E-state index in [4.69, 9.17) is 44.9 Å². The first-order valence-electron chi connectivity index (χ1n) is 12.5. The van der Waals surface area contributed by atoms with Crippen molar-refractivity contribution < 1.29 is 0 Å². The molecule has 3 aromatic carbocycles. The van der Waals surface area contributed by atoms with Crippen LogP contribution in [0.4, 0.5) is 0 Å². The second-order valence-electron chi connectivity index (χ2n) is 9.54. The molecule has 1 saturated carbocycles. The summed E-state index contributed by atoms with van der Waals surface area (Å²) in [6.07, 6.45) is 4.13. The average Bonchev–Trinajstić information content (AvgIpc) is 3.50. The zero-order chi connectivity index (χ0) is 26.4. The van der Waals surface area contributed by atoms with Crippen molar-refractivity contribution in [3.63, 3.8) is 0 Å². The smallest absolute Gasteiger partial charge is 0.146 e. The van der Waals surface area contributed by atoms with Crippen molar-refractivity contribution in [3.8, 4) is 17.1 Å². The fraction of sp³-hybridized carbons (Fsp3) is 0.241. The molecule has 0 saturated heterocycles. The quantitative estimate of drug-likeness (QED) is 0.227. The summed E-state index contributed by atoms with van der Waals surface area (Å²) < 4.78 is 3.22. The van der Waals surface area contributed by atoms with Gasteiger partial charge in [0.2, 0.25) is 0 Å². The molecule has 2 heterocycles. The minimum atomic E-state index is -0.105. The zero-order valence-electron chi connectivity index (χ0n) is 20.5. The number of thioether (sulfide) groups is 1. The van der Waals surface area contributed by atoms with Crippen LogP contribution >= 0.6 is 62.5 Å². The van der Waals surface area contributed by atoms with Crippen LogP contribution in [0.3, 0.4) is 0 Å². The molecule has 194 valence electrons. The summed E-state index contributed by atoms with van der Waals surface area (Å²) in [6, 6.07) is 22.0. The van der Waals surface area contributed by atoms with Gasteiger partial charge in [0.05, 0.1) is 10.7 Å². The molecule has 1 N–H and O–H groups in total. The number of hydrogen-bond acceptors (Lipinski definition) is 4. The van der Waals surface area contributed by atoms with Crippen molar-refractivity contribution in [1.29, 1.82) is 0 Å². The van der Waals surface area contributed by atoms with Crippen LogP contribution in [0.1, 0.15) is 48.5 Å². The largest absolute Gasteiger partial charge is 0.296 e. The van der Waals surface area contributed by atoms with Crippen molar-refractivity contribution in [3.05, 3.63) is 103 Å². The van der Waals surface area contributed by atoms with Crippen molar-refractivity contribution in [2.75, 3.05) is 0 Å². The molecule has 0 amide bonds. The van der Waals surface area contributed by atoms with Gasteiger partial charge in [-0.05, 0) is 79.4 Å². The molecule has 1 fully saturated rings. The molecule has 0 bridgehead atoms. The predicted molar refractivity (Wildman–Crippen MR) is 164 cm³/mol. The lowest BCUT2D eigenvalue weighted by Crippen LogP contribution is -2.40. The van der Waals surface area contributed by atoms with Gasteiger partial charge >= 0.3 is 0 Å². The van der Waals surface area contributed by atoms with Crippen molar-refractivity contribution in [2.45, 2.75) is 43.4 Å². The Kier molecular flexibility index (Phi) is 7.29. The highest BCUT2D eigenvalue weighted by molar-refractivity contribution is 9.10. The fourth-order valence-electron chi connectivity index (χ4n) is 5.28. The minimum absolute atomic E-state index is 0.0695. The molecule has 4 nitrogen and oxygen atoms in total. The summed E-state index contributed by atoms with van der Waals surface area (Å²) in [6.45, 7) is 2.16. The molecule has 2 aliphatic rings. The Morgan fingerprint density at radius 3 is 2.34 bits per heavy atom. The highest BCUT2D eigenvalue weighted by Crippen LogP contribution is 2.52. The first-order valence-corrected chi connectivity index (χ1v) is 15.3. The lowest BCUT2D eigenvalue weighted by atomic mass is 9.65. The number of hydrogen-bond donors (Lipinski definition) is 1. The van der Waals surface area contributed by atoms with E-state index in [1.54, 1.807) is 17.8 Å². The van der Waals surface area contributed by atoms with Gasteiger partial charge in [0.15, 0.2) is 0 Å². The summed E-state index contributed by atoms with van der Waals surface area (Å²) in [7, 11) is 0. The molecule has 1 aliphatic heterocycles. The number of aromatic nitrogens is 2. The molecule has 1 atom stereocenters. The van der Waals surface area contributed by atoms with Crippen LogP contribution in [0.15, 0.2) is 76.3 Å². The topological polar surface area (TPSA) is 42.2 Å². The summed E-state index contributed by atoms with van der Waals surface area (Å²) in [5, 5.41) is 7.80. The van der Waals surface area contributed by atoms with E-state index in [9.17, 15) is 0 Å². The average molecular weight is 647 g/mol. The van der Waals surface area contributed by atoms with Crippen molar-refractivity contribution >= 4 is 67.5 Å². The minimum Gasteiger partial charge on any atom is -0.296 e. The van der Waals surface area contributed by atoms with Gasteiger partial charge in [-0.1, -0.05) is 88.0 Å². The summed E-state index contributed by atoms with van der Waals surface area (Å²) >= 11 is 24.4. The Labute approximate surface area is 249 Å². The van der Waals surface area contributed by atoms with Gasteiger partial charge in [0.25, 0.3) is 0 Å². The van der Waals surface area contributed by atoms with E-state index in [1.807, 2.05) is 36.4 Å². The first-order chi connectivity index (χ1) is 18.4. The number of benzene rings is 3. The van der Waals surface area contributed by atoms with Crippen LogP contribution in [0, 0.1) is 0 Å². The molecule has 38 heavy (non-hydrogen) atoms. The Bertz CT molecular complexity index is 1530. The number of imidazole rings is 1. The SMILES string of the molecule is CCc1c(C2NN=C(C3(c4ccc(Cl)cc4)CCC3)S2)nc(-c2ccc(Cl)cc2Cl)n1-c1ccc(Br)cc1. The van der Waals surface area contributed by atoms with Crippen LogP contribution in [0.2, 0.25) is 15.1 Å². The van der Waals surface area contributed by atoms with Crippen LogP contribution in [-0.4, -0.2) is 14.6 Å². The molecule has 9 heteroatoms. The molecule has 1 aromatic heterocycles. The van der Waals surface area contributed by atoms with Gasteiger partial charge in [-0.15, -0.1) is 0 Å². The van der Waals surface area contributed by atoms with E-state index in [0.29, 0.717) is 10.0 Å². The van der Waals surface area contributed by atoms with Gasteiger partial charge in [-0.25, -0.2) is 4.98 Å². The van der Waals surface area contributed by atoms with E-state index < -0.39 is 0 Å². The molecular formula is C29H24BrCl3N4S. The summed E-state index contributed by atoms with van der Waals surface area (Å²) in [4.78, 5) is 5.22. The number of halogens is 4. The Morgan fingerprint density at radius 1 is 1.00 bits per heavy atom. The maximum absolute atomic E-state index is 6.70. The van der Waals surface area contributed by atoms with Crippen LogP contribution in [0.5, 0.6) is 0 Å². The molecule has 0 radical (unpaired) electrons. The third-order valence-corrected chi connectivity index (χ3v) is 9.97. The van der Waals surface area contributed by atoms with E-state index in [0.717, 1.165) is 62.3 Å². The highest BCUT2D eigenvalue weighted by atomic mass is 79.9. The number of rotatable bonds is 6. The van der Waals surface area contributed by atoms with Crippen molar-refractivity contribution in [1.82, 2.24) is 15.0 Å². The fourth-order valence-corrected chi connectivity index (χ4v) is 7.45. The lowest BCUT2D eigenvalue weighted by Gasteiger charge is -2.41. The molecule has 1 unspecified atom stereocenters. The second kappa shape index (κ2) is 10.5. The standard InChI is InChI=1S/C29H24BrCl3N4S/c1-2-24-25(27-35-36-28(38-27)29(14-3-15-29)17-4-8-19(31)9-5-17)34-26(22-13-10-20(32)16-23(22)33)37(24)21-11-6-18(30)7-12-21/h4-13,16,27,35H,2-3,14-15H2,1H3. The van der Waals surface area contributed by atoms with Crippen molar-refractivity contribution in [2.24, 2.45) is 5.10 Å². The number of hydrazone groups is 1. The van der Waals surface area contributed by atoms with Gasteiger partial charge in [-0.2, -0.15) is 5.10 Å². The Balaban J connectivity index is 1.42. The Hall–Kier alpha value is -1.96. The normalized spacial score (nSPS) is 18.1. The van der Waals surface area contributed by atoms with Gasteiger partial charge in [0, 0.05) is 36.9 Å². The van der Waals surface area contributed by atoms with E-state index >= 15 is 0 Å². The molecule has 0 spiro atoms. The van der Waals surface area contributed by atoms with Crippen LogP contribution in [0.25, 0.3) is 17.1 Å². The summed E-state index contributed by atoms with van der Waals surface area (Å²) in [5.74, 6) is 0.785. The highest BCUT2D eigenvalue weighted by Gasteiger charge is 2.47. The van der Waals surface area contributed by atoms with Gasteiger partial charge < -0.3 is 0 Å². The molecular weight excluding hydrogens is 623 g/mol. The number of nitrogens with zero attached hydrogens (tertiary/aromatic N) is 3. The van der Waals surface area contributed by atoms with E-state index in [2.05, 4.69) is 57.1 Å². The van der Waals surface area contributed by atoms with Gasteiger partial charge in [-0.3, -0.25) is 9.99 Å². The summed E-state index contributed by atoms with van der Waals surface area (Å²) in [5.41, 5.74) is 8.55. The maximum atomic E-state index is 6.70. The number of nitrogens with one attached hydrogen (secondary N) is 1. The monoisotopic (exact) mass is 644 g/mol. The van der Waals surface area contributed by atoms with Crippen LogP contribution < -0.4 is 5.43 Å². The first kappa shape index (κ1) is 26.3. The second-order valence-corrected chi connectivity index (χ2v) is 12.8. The third kappa shape index (κ3) is 4.58. The van der Waals surface area contributed by atoms with E-state index in [1.165, 1.54) is 12.0 Å². The van der Waals surface area contributed by atoms with Crippen LogP contribution in [-0.2, 0) is 11.8 Å². The molecule has 6 rings (SSSR count). The Morgan fingerprint density at radius 2 is 1.71 bits per heavy atom. The van der Waals surface area contributed by atoms with E-state index in [-0.39, 0.29) is 10.8 Å².